The van der Waals surface area contributed by atoms with Crippen LogP contribution in [0.3, 0.4) is 0 Å². The largest absolute Gasteiger partial charge is 0.472 e. The number of hydrogen-bond donors (Lipinski definition) is 4. The molecule has 23 nitrogen and oxygen atoms in total. The predicted octanol–water partition coefficient (Wildman–Crippen LogP) is 4.10. The summed E-state index contributed by atoms with van der Waals surface area (Å²) in [5.74, 6) is 0.0829. The Labute approximate surface area is 344 Å². The molecule has 1 aromatic heterocycles. The Morgan fingerprint density at radius 1 is 0.695 bits per heavy atom. The molecule has 0 bridgehead atoms. The number of phosphoric ester groups is 3. The molecule has 6 unspecified atom stereocenters. The summed E-state index contributed by atoms with van der Waals surface area (Å²) < 4.78 is 107. The Balaban J connectivity index is 1.23. The topological polar surface area (TPSA) is 299 Å². The minimum atomic E-state index is -4.51. The van der Waals surface area contributed by atoms with Crippen molar-refractivity contribution < 1.29 is 93.2 Å². The number of phosphoric acid groups is 3. The van der Waals surface area contributed by atoms with E-state index in [1.165, 1.54) is 14.2 Å². The van der Waals surface area contributed by atoms with Crippen LogP contribution in [0.4, 0.5) is 0 Å². The van der Waals surface area contributed by atoms with E-state index < -0.39 is 86.5 Å². The van der Waals surface area contributed by atoms with Gasteiger partial charge in [-0.2, -0.15) is 0 Å². The van der Waals surface area contributed by atoms with E-state index in [1.54, 1.807) is 24.7 Å². The maximum absolute atomic E-state index is 12.6. The van der Waals surface area contributed by atoms with Gasteiger partial charge >= 0.3 is 31.1 Å². The number of carbonyl (C=O) groups is 1. The number of methoxy groups -OCH3 is 2. The zero-order valence-corrected chi connectivity index (χ0v) is 37.8. The van der Waals surface area contributed by atoms with Crippen molar-refractivity contribution in [2.24, 2.45) is 0 Å². The van der Waals surface area contributed by atoms with Crippen molar-refractivity contribution >= 4 is 36.8 Å². The molecule has 3 rings (SSSR count). The average molecular weight is 932 g/mol. The third-order valence-corrected chi connectivity index (χ3v) is 13.0. The van der Waals surface area contributed by atoms with Gasteiger partial charge in [-0.3, -0.25) is 41.2 Å². The average Bonchev–Trinajstić information content (AvgIpc) is 3.82. The first-order chi connectivity index (χ1) is 27.7. The van der Waals surface area contributed by atoms with E-state index in [4.69, 9.17) is 46.1 Å². The second kappa shape index (κ2) is 24.8. The standard InChI is InChI=1S/C32H61N3O20P4/c1-23-29(45-3)31(54-57(39,40)47-5)28(53-23)22-51-58(41,42)48-19-13-11-14-25-20-35(34-33-25)17-16-26(36)15-10-8-7-9-12-18-49-59(43,44)55-32-27(21-50-56(6,37)38)52-24(2)30(32)46-4/h20,23-24,27-32H,7-19,21-22H2,1-6H3,(H,37,38)(H,39,40)(H,41,42)(H,43,44)/t23-,24-,27+,28+,29+,30+,31?,32?/m0/s1. The van der Waals surface area contributed by atoms with Crippen LogP contribution in [-0.2, 0) is 86.6 Å². The molecule has 4 N–H and O–H groups in total. The monoisotopic (exact) mass is 931 g/mol. The molecule has 2 fully saturated rings. The number of nitrogens with zero attached hydrogens (tertiary/aromatic N) is 3. The van der Waals surface area contributed by atoms with Gasteiger partial charge in [-0.05, 0) is 46.0 Å². The molecular weight excluding hydrogens is 870 g/mol. The molecule has 0 aliphatic carbocycles. The molecule has 2 aliphatic heterocycles. The van der Waals surface area contributed by atoms with E-state index in [1.807, 2.05) is 0 Å². The molecule has 344 valence electrons. The SMILES string of the molecule is CO[C@H]1C(OP(=O)(O)OC)[C@@H](COP(=O)(O)OCCCCc2cn(CCC(=O)CCCCCCCOP(=O)(O)OC3[C@@H](COP(C)(=O)O)O[C@@H](C)[C@H]3OC)nn2)O[C@H]1C. The first-order valence-electron chi connectivity index (χ1n) is 19.2. The first kappa shape index (κ1) is 52.5. The number of hydrogen-bond acceptors (Lipinski definition) is 18. The van der Waals surface area contributed by atoms with E-state index >= 15 is 0 Å². The molecule has 27 heteroatoms. The van der Waals surface area contributed by atoms with E-state index in [0.717, 1.165) is 26.6 Å². The van der Waals surface area contributed by atoms with Gasteiger partial charge in [0.1, 0.15) is 42.4 Å². The van der Waals surface area contributed by atoms with Gasteiger partial charge in [-0.15, -0.1) is 5.10 Å². The van der Waals surface area contributed by atoms with Crippen LogP contribution in [0.2, 0.25) is 0 Å². The number of aryl methyl sites for hydroxylation is 2. The van der Waals surface area contributed by atoms with Crippen LogP contribution >= 0.6 is 31.1 Å². The normalized spacial score (nSPS) is 28.8. The van der Waals surface area contributed by atoms with Crippen LogP contribution in [-0.4, -0.2) is 144 Å². The molecule has 3 heterocycles. The fourth-order valence-corrected chi connectivity index (χ4v) is 9.27. The van der Waals surface area contributed by atoms with Gasteiger partial charge in [0.15, 0.2) is 0 Å². The molecule has 0 spiro atoms. The van der Waals surface area contributed by atoms with E-state index in [2.05, 4.69) is 14.8 Å². The van der Waals surface area contributed by atoms with E-state index in [-0.39, 0.29) is 32.0 Å². The molecule has 2 aliphatic rings. The van der Waals surface area contributed by atoms with Crippen LogP contribution in [0.15, 0.2) is 6.20 Å². The molecule has 1 aromatic rings. The van der Waals surface area contributed by atoms with Gasteiger partial charge in [0.25, 0.3) is 0 Å². The fourth-order valence-electron chi connectivity index (χ4n) is 6.44. The second-order valence-corrected chi connectivity index (χ2v) is 20.4. The fraction of sp³-hybridized carbons (Fsp3) is 0.906. The number of rotatable bonds is 31. The number of ketones is 1. The number of Topliss-reactive ketones (excluding diaryl/α,β-unsaturated/α-hetero) is 1. The molecule has 0 amide bonds. The summed E-state index contributed by atoms with van der Waals surface area (Å²) in [6.07, 6.45) is 0.676. The summed E-state index contributed by atoms with van der Waals surface area (Å²) in [6.45, 7) is 3.76. The first-order valence-corrected chi connectivity index (χ1v) is 25.8. The lowest BCUT2D eigenvalue weighted by Gasteiger charge is -2.25. The molecule has 12 atom stereocenters. The minimum Gasteiger partial charge on any atom is -0.376 e. The van der Waals surface area contributed by atoms with Crippen molar-refractivity contribution in [2.75, 3.05) is 54.4 Å². The van der Waals surface area contributed by atoms with Crippen molar-refractivity contribution in [1.29, 1.82) is 0 Å². The predicted molar refractivity (Wildman–Crippen MR) is 206 cm³/mol. The van der Waals surface area contributed by atoms with Gasteiger partial charge in [0.05, 0.1) is 44.3 Å². The van der Waals surface area contributed by atoms with Crippen LogP contribution in [0, 0.1) is 0 Å². The van der Waals surface area contributed by atoms with Crippen LogP contribution < -0.4 is 0 Å². The summed E-state index contributed by atoms with van der Waals surface area (Å²) in [7, 11) is -13.5. The third kappa shape index (κ3) is 19.2. The summed E-state index contributed by atoms with van der Waals surface area (Å²) >= 11 is 0. The van der Waals surface area contributed by atoms with E-state index in [9.17, 15) is 42.6 Å². The lowest BCUT2D eigenvalue weighted by Crippen LogP contribution is -2.37. The quantitative estimate of drug-likeness (QED) is 0.0602. The maximum atomic E-state index is 12.6. The smallest absolute Gasteiger partial charge is 0.376 e. The van der Waals surface area contributed by atoms with Crippen LogP contribution in [0.25, 0.3) is 0 Å². The molecule has 2 saturated heterocycles. The van der Waals surface area contributed by atoms with Crippen molar-refractivity contribution in [3.8, 4) is 0 Å². The zero-order valence-electron chi connectivity index (χ0n) is 34.3. The van der Waals surface area contributed by atoms with Crippen molar-refractivity contribution in [2.45, 2.75) is 133 Å². The molecule has 0 saturated carbocycles. The summed E-state index contributed by atoms with van der Waals surface area (Å²) in [5, 5.41) is 8.18. The molecule has 0 radical (unpaired) electrons. The van der Waals surface area contributed by atoms with Crippen molar-refractivity contribution in [3.63, 3.8) is 0 Å². The second-order valence-electron chi connectivity index (χ2n) is 14.2. The highest BCUT2D eigenvalue weighted by molar-refractivity contribution is 7.51. The Kier molecular flexibility index (Phi) is 22.1. The molecule has 0 aromatic carbocycles. The summed E-state index contributed by atoms with van der Waals surface area (Å²) in [6, 6.07) is 0. The maximum Gasteiger partial charge on any atom is 0.472 e. The van der Waals surface area contributed by atoms with Gasteiger partial charge in [-0.1, -0.05) is 24.5 Å². The lowest BCUT2D eigenvalue weighted by molar-refractivity contribution is -0.119. The molecule has 59 heavy (non-hydrogen) atoms. The Bertz CT molecular complexity index is 1620. The van der Waals surface area contributed by atoms with Crippen LogP contribution in [0.1, 0.15) is 77.3 Å². The number of aromatic nitrogens is 3. The zero-order chi connectivity index (χ0) is 43.9. The highest BCUT2D eigenvalue weighted by Crippen LogP contribution is 2.50. The highest BCUT2D eigenvalue weighted by Gasteiger charge is 2.49. The van der Waals surface area contributed by atoms with Crippen molar-refractivity contribution in [3.05, 3.63) is 11.9 Å². The van der Waals surface area contributed by atoms with Gasteiger partial charge in [0.2, 0.25) is 0 Å². The van der Waals surface area contributed by atoms with Gasteiger partial charge < -0.3 is 43.0 Å². The summed E-state index contributed by atoms with van der Waals surface area (Å²) in [5.41, 5.74) is 0.685. The highest BCUT2D eigenvalue weighted by atomic mass is 31.2. The van der Waals surface area contributed by atoms with Crippen LogP contribution in [0.5, 0.6) is 0 Å². The lowest BCUT2D eigenvalue weighted by atomic mass is 10.1. The Morgan fingerprint density at radius 3 is 1.80 bits per heavy atom. The number of ether oxygens (including phenoxy) is 4. The Morgan fingerprint density at radius 2 is 1.22 bits per heavy atom. The van der Waals surface area contributed by atoms with Gasteiger partial charge in [0, 0.05) is 53.6 Å². The Hall–Kier alpha value is -0.870. The van der Waals surface area contributed by atoms with Crippen molar-refractivity contribution in [1.82, 2.24) is 15.0 Å². The number of carbonyl (C=O) groups excluding carboxylic acids is 1. The number of unbranched alkanes of at least 4 members (excludes halogenated alkanes) is 5. The minimum absolute atomic E-state index is 0.0392. The molecular formula is C32H61N3O20P4. The van der Waals surface area contributed by atoms with E-state index in [0.29, 0.717) is 57.2 Å². The summed E-state index contributed by atoms with van der Waals surface area (Å²) in [4.78, 5) is 52.0. The van der Waals surface area contributed by atoms with Gasteiger partial charge in [-0.25, -0.2) is 13.7 Å². The third-order valence-electron chi connectivity index (χ3n) is 9.39.